The number of rotatable bonds is 4. The van der Waals surface area contributed by atoms with Gasteiger partial charge < -0.3 is 4.74 Å². The lowest BCUT2D eigenvalue weighted by molar-refractivity contribution is 0.0805. The summed E-state index contributed by atoms with van der Waals surface area (Å²) in [5, 5.41) is 0.921. The van der Waals surface area contributed by atoms with Gasteiger partial charge in [0.15, 0.2) is 5.78 Å². The predicted molar refractivity (Wildman–Crippen MR) is 131 cm³/mol. The molecule has 0 radical (unpaired) electrons. The summed E-state index contributed by atoms with van der Waals surface area (Å²) in [7, 11) is 0. The first kappa shape index (κ1) is 26.8. The highest BCUT2D eigenvalue weighted by Crippen LogP contribution is 2.23. The zero-order valence-electron chi connectivity index (χ0n) is 18.9. The van der Waals surface area contributed by atoms with Crippen LogP contribution in [0.4, 0.5) is 0 Å². The molecule has 0 aliphatic heterocycles. The molecule has 0 aliphatic carbocycles. The van der Waals surface area contributed by atoms with E-state index >= 15 is 0 Å². The molecular formula is C26H31Cl2NO2. The highest BCUT2D eigenvalue weighted by atomic mass is 35.5. The molecule has 3 rings (SSSR count). The Morgan fingerprint density at radius 2 is 1.58 bits per heavy atom. The van der Waals surface area contributed by atoms with Crippen LogP contribution >= 0.6 is 23.2 Å². The number of carbonyl (C=O) groups is 1. The van der Waals surface area contributed by atoms with Crippen molar-refractivity contribution in [1.82, 2.24) is 4.98 Å². The average molecular weight is 460 g/mol. The molecular weight excluding hydrogens is 429 g/mol. The summed E-state index contributed by atoms with van der Waals surface area (Å²) in [5.41, 5.74) is 2.48. The van der Waals surface area contributed by atoms with Crippen LogP contribution in [0.25, 0.3) is 0 Å². The van der Waals surface area contributed by atoms with Gasteiger partial charge >= 0.3 is 0 Å². The average Bonchev–Trinajstić information content (AvgIpc) is 2.76. The van der Waals surface area contributed by atoms with Gasteiger partial charge in [-0.2, -0.15) is 0 Å². The smallest absolute Gasteiger partial charge is 0.194 e. The maximum Gasteiger partial charge on any atom is 0.194 e. The van der Waals surface area contributed by atoms with Crippen molar-refractivity contribution in [3.05, 3.63) is 99.8 Å². The van der Waals surface area contributed by atoms with Crippen molar-refractivity contribution >= 4 is 29.0 Å². The zero-order valence-corrected chi connectivity index (χ0v) is 20.4. The molecule has 0 spiro atoms. The van der Waals surface area contributed by atoms with Crippen LogP contribution in [-0.2, 0) is 4.74 Å². The molecule has 0 unspecified atom stereocenters. The van der Waals surface area contributed by atoms with E-state index in [1.165, 1.54) is 0 Å². The van der Waals surface area contributed by atoms with Gasteiger partial charge in [0.1, 0.15) is 0 Å². The lowest BCUT2D eigenvalue weighted by Crippen LogP contribution is -2.14. The normalized spacial score (nSPS) is 10.3. The van der Waals surface area contributed by atoms with E-state index in [9.17, 15) is 4.79 Å². The van der Waals surface area contributed by atoms with Crippen LogP contribution in [-0.4, -0.2) is 24.0 Å². The minimum atomic E-state index is -0.113. The van der Waals surface area contributed by atoms with E-state index in [4.69, 9.17) is 27.9 Å². The van der Waals surface area contributed by atoms with Gasteiger partial charge in [0.05, 0.1) is 11.6 Å². The first-order chi connectivity index (χ1) is 14.6. The quantitative estimate of drug-likeness (QED) is 0.375. The van der Waals surface area contributed by atoms with Gasteiger partial charge in [-0.3, -0.25) is 9.78 Å². The summed E-state index contributed by atoms with van der Waals surface area (Å²) < 4.78 is 5.20. The standard InChI is InChI=1S/C14H10Cl2O.C7H16O.C5H5N/c1-9-2-4-10(5-3-9)14(17)12-8-11(15)6-7-13(12)16;1-5-8-6-7(2,3)4;1-2-4-6-5-3-1/h2-8H,1H3;5-6H2,1-4H3;1-5H. The first-order valence-electron chi connectivity index (χ1n) is 10.1. The first-order valence-corrected chi connectivity index (χ1v) is 10.9. The van der Waals surface area contributed by atoms with Gasteiger partial charge in [-0.05, 0) is 49.6 Å². The third-order valence-electron chi connectivity index (χ3n) is 3.79. The number of aryl methyl sites for hydroxylation is 1. The minimum absolute atomic E-state index is 0.113. The van der Waals surface area contributed by atoms with Crippen molar-refractivity contribution in [3.8, 4) is 0 Å². The number of carbonyl (C=O) groups excluding carboxylic acids is 1. The fraction of sp³-hybridized carbons (Fsp3) is 0.308. The molecule has 1 heterocycles. The summed E-state index contributed by atoms with van der Waals surface area (Å²) in [5.74, 6) is -0.113. The number of nitrogens with zero attached hydrogens (tertiary/aromatic N) is 1. The molecule has 0 amide bonds. The molecule has 166 valence electrons. The molecule has 2 aromatic carbocycles. The number of ether oxygens (including phenoxy) is 1. The van der Waals surface area contributed by atoms with Crippen LogP contribution in [0.2, 0.25) is 10.0 Å². The molecule has 3 nitrogen and oxygen atoms in total. The van der Waals surface area contributed by atoms with Gasteiger partial charge in [0.25, 0.3) is 0 Å². The fourth-order valence-corrected chi connectivity index (χ4v) is 2.63. The number of halogens is 2. The maximum absolute atomic E-state index is 12.2. The van der Waals surface area contributed by atoms with Gasteiger partial charge in [0.2, 0.25) is 0 Å². The Morgan fingerprint density at radius 1 is 0.968 bits per heavy atom. The Bertz CT molecular complexity index is 878. The Labute approximate surface area is 196 Å². The lowest BCUT2D eigenvalue weighted by Gasteiger charge is -2.16. The third-order valence-corrected chi connectivity index (χ3v) is 4.36. The van der Waals surface area contributed by atoms with Crippen molar-refractivity contribution in [2.75, 3.05) is 13.2 Å². The summed E-state index contributed by atoms with van der Waals surface area (Å²) in [6.45, 7) is 12.2. The number of benzene rings is 2. The Morgan fingerprint density at radius 3 is 2.00 bits per heavy atom. The fourth-order valence-electron chi connectivity index (χ4n) is 2.25. The van der Waals surface area contributed by atoms with E-state index in [0.29, 0.717) is 26.6 Å². The number of pyridine rings is 1. The Kier molecular flexibility index (Phi) is 12.1. The largest absolute Gasteiger partial charge is 0.381 e. The summed E-state index contributed by atoms with van der Waals surface area (Å²) in [4.78, 5) is 16.0. The van der Waals surface area contributed by atoms with Crippen molar-refractivity contribution in [3.63, 3.8) is 0 Å². The van der Waals surface area contributed by atoms with Crippen LogP contribution in [0, 0.1) is 12.3 Å². The minimum Gasteiger partial charge on any atom is -0.381 e. The van der Waals surface area contributed by atoms with E-state index in [-0.39, 0.29) is 5.78 Å². The molecule has 5 heteroatoms. The van der Waals surface area contributed by atoms with Crippen LogP contribution in [0.3, 0.4) is 0 Å². The number of hydrogen-bond donors (Lipinski definition) is 0. The molecule has 0 bridgehead atoms. The van der Waals surface area contributed by atoms with E-state index in [2.05, 4.69) is 25.8 Å². The topological polar surface area (TPSA) is 39.2 Å². The second-order valence-corrected chi connectivity index (χ2v) is 8.89. The number of aromatic nitrogens is 1. The zero-order chi connectivity index (χ0) is 23.3. The molecule has 0 aliphatic rings. The molecule has 1 aromatic heterocycles. The summed E-state index contributed by atoms with van der Waals surface area (Å²) in [6, 6.07) is 18.0. The highest BCUT2D eigenvalue weighted by molar-refractivity contribution is 6.36. The van der Waals surface area contributed by atoms with E-state index in [1.54, 1.807) is 42.7 Å². The van der Waals surface area contributed by atoms with Crippen LogP contribution in [0.5, 0.6) is 0 Å². The van der Waals surface area contributed by atoms with Gasteiger partial charge in [-0.25, -0.2) is 0 Å². The maximum atomic E-state index is 12.2. The Hall–Kier alpha value is -2.20. The highest BCUT2D eigenvalue weighted by Gasteiger charge is 2.13. The van der Waals surface area contributed by atoms with Crippen molar-refractivity contribution < 1.29 is 9.53 Å². The van der Waals surface area contributed by atoms with Gasteiger partial charge in [0, 0.05) is 35.2 Å². The number of ketones is 1. The van der Waals surface area contributed by atoms with Crippen LogP contribution < -0.4 is 0 Å². The molecule has 0 saturated carbocycles. The van der Waals surface area contributed by atoms with E-state index in [0.717, 1.165) is 18.8 Å². The van der Waals surface area contributed by atoms with E-state index < -0.39 is 0 Å². The number of hydrogen-bond acceptors (Lipinski definition) is 3. The third kappa shape index (κ3) is 11.7. The second kappa shape index (κ2) is 14.0. The molecule has 31 heavy (non-hydrogen) atoms. The molecule has 0 N–H and O–H groups in total. The summed E-state index contributed by atoms with van der Waals surface area (Å²) in [6.07, 6.45) is 3.50. The Balaban J connectivity index is 0.000000284. The lowest BCUT2D eigenvalue weighted by atomic mass is 9.99. The monoisotopic (exact) mass is 459 g/mol. The molecule has 0 atom stereocenters. The van der Waals surface area contributed by atoms with Crippen molar-refractivity contribution in [1.29, 1.82) is 0 Å². The van der Waals surface area contributed by atoms with Gasteiger partial charge in [-0.1, -0.05) is 79.9 Å². The molecule has 3 aromatic rings. The van der Waals surface area contributed by atoms with E-state index in [1.807, 2.05) is 44.2 Å². The summed E-state index contributed by atoms with van der Waals surface area (Å²) >= 11 is 11.9. The van der Waals surface area contributed by atoms with Crippen molar-refractivity contribution in [2.24, 2.45) is 5.41 Å². The van der Waals surface area contributed by atoms with Crippen LogP contribution in [0.1, 0.15) is 49.2 Å². The molecule has 0 saturated heterocycles. The molecule has 0 fully saturated rings. The second-order valence-electron chi connectivity index (χ2n) is 8.04. The van der Waals surface area contributed by atoms with Gasteiger partial charge in [-0.15, -0.1) is 0 Å². The van der Waals surface area contributed by atoms with Crippen LogP contribution in [0.15, 0.2) is 73.1 Å². The SMILES string of the molecule is CCOCC(C)(C)C.Cc1ccc(C(=O)c2cc(Cl)ccc2Cl)cc1.c1ccncc1. The predicted octanol–water partition coefficient (Wildman–Crippen LogP) is 7.68. The van der Waals surface area contributed by atoms with Crippen molar-refractivity contribution in [2.45, 2.75) is 34.6 Å².